The normalized spacial score (nSPS) is 12.2. The predicted molar refractivity (Wildman–Crippen MR) is 588 cm³/mol. The molecule has 0 saturated carbocycles. The quantitative estimate of drug-likeness (QED) is 0.122. The minimum atomic E-state index is -0.0657. The summed E-state index contributed by atoms with van der Waals surface area (Å²) in [5.74, 6) is 0. The van der Waals surface area contributed by atoms with Crippen LogP contribution < -0.4 is 9.80 Å². The number of anilines is 6. The van der Waals surface area contributed by atoms with Gasteiger partial charge in [-0.3, -0.25) is 0 Å². The monoisotopic (exact) mass is 1810 g/mol. The fraction of sp³-hybridized carbons (Fsp3) is 0.0229. The van der Waals surface area contributed by atoms with Crippen LogP contribution in [0.5, 0.6) is 0 Å². The minimum Gasteiger partial charge on any atom is -0.311 e. The molecule has 24 aromatic rings. The van der Waals surface area contributed by atoms with E-state index in [1.165, 1.54) is 206 Å². The Hall–Kier alpha value is -16.8. The zero-order chi connectivity index (χ0) is 91.5. The molecule has 4 heterocycles. The summed E-state index contributed by atoms with van der Waals surface area (Å²) in [7, 11) is 0. The molecule has 4 aliphatic carbocycles. The first-order valence-corrected chi connectivity index (χ1v) is 49.7. The second-order valence-corrected chi connectivity index (χ2v) is 39.5. The highest BCUT2D eigenvalue weighted by Gasteiger charge is 2.37. The summed E-state index contributed by atoms with van der Waals surface area (Å²) in [6, 6.07) is 176. The van der Waals surface area contributed by atoms with Crippen molar-refractivity contribution in [3.8, 4) is 176 Å². The first-order chi connectivity index (χ1) is 68.2. The van der Waals surface area contributed by atoms with E-state index in [2.05, 4.69) is 485 Å². The van der Waals surface area contributed by atoms with Crippen LogP contribution in [0, 0.1) is 0 Å². The van der Waals surface area contributed by atoms with Crippen LogP contribution in [-0.4, -0.2) is 9.97 Å². The number of fused-ring (bicyclic) bond motifs is 19. The van der Waals surface area contributed by atoms with Crippen molar-refractivity contribution in [2.24, 2.45) is 0 Å². The van der Waals surface area contributed by atoms with Gasteiger partial charge in [0.05, 0.1) is 21.6 Å². The Bertz CT molecular complexity index is 8840. The number of para-hydroxylation sites is 5. The Balaban J connectivity index is 0.000000109. The molecule has 4 aromatic heterocycles. The molecule has 0 amide bonds. The maximum atomic E-state index is 5.28. The number of nitrogens with zero attached hydrogens (tertiary/aromatic N) is 4. The molecule has 7 heteroatoms. The van der Waals surface area contributed by atoms with E-state index in [1.807, 2.05) is 58.3 Å². The average molecular weight is 1810 g/mol. The van der Waals surface area contributed by atoms with Crippen LogP contribution >= 0.6 is 34.0 Å². The molecule has 0 atom stereocenters. The standard InChI is InChI=1S/C53H37NS.C44H29NS.C34H20N2S/c1-53(2)47-21-11-10-18-43(47)44-32-31-39(33-48(44)53)54(37-13-4-3-5-14-37)38-29-27-35(28-30-38)34-23-25-36(26-24-34)52-51-46-19-9-8-17-42(46)40-15-6-7-16-41(40)45-20-12-22-49(55-52)50(45)51;1-3-12-33(13-4-1)45(34-14-5-2-6-15-34)35-28-26-31(27-29-35)30-22-24-32(25-23-30)44-43-40-19-10-9-18-38(40)36-16-7-8-17-37(36)39-20-11-21-41(46-44)42(39)43;1-2-11-21(12-3-1)32-33(36-28-19-9-8-18-27(28)35-32)34-31-26-16-7-6-15-24(26)22-13-4-5-14-23(22)25-17-10-20-29(37-34)30(25)31/h3-33H,1-2H3;1-29H;1-20H. The van der Waals surface area contributed by atoms with Crippen LogP contribution in [-0.2, 0) is 5.41 Å². The molecule has 20 aromatic carbocycles. The maximum Gasteiger partial charge on any atom is 0.108 e. The third-order valence-electron chi connectivity index (χ3n) is 28.2. The van der Waals surface area contributed by atoms with E-state index in [0.29, 0.717) is 0 Å². The van der Waals surface area contributed by atoms with Crippen molar-refractivity contribution < 1.29 is 0 Å². The van der Waals surface area contributed by atoms with Crippen molar-refractivity contribution in [2.75, 3.05) is 9.80 Å². The molecule has 0 bridgehead atoms. The zero-order valence-electron chi connectivity index (χ0n) is 75.7. The highest BCUT2D eigenvalue weighted by Crippen LogP contribution is 2.60. The molecule has 0 N–H and O–H groups in total. The summed E-state index contributed by atoms with van der Waals surface area (Å²) in [4.78, 5) is 18.9. The lowest BCUT2D eigenvalue weighted by molar-refractivity contribution is 0.660. The molecule has 28 rings (SSSR count). The van der Waals surface area contributed by atoms with Crippen molar-refractivity contribution in [2.45, 2.75) is 19.3 Å². The topological polar surface area (TPSA) is 32.3 Å². The van der Waals surface area contributed by atoms with E-state index in [0.717, 1.165) is 56.4 Å². The molecule has 0 spiro atoms. The van der Waals surface area contributed by atoms with Crippen LogP contribution in [0.25, 0.3) is 218 Å². The van der Waals surface area contributed by atoms with Gasteiger partial charge in [0, 0.05) is 102 Å². The molecule has 0 fully saturated rings. The Kier molecular flexibility index (Phi) is 20.2. The SMILES string of the molecule is CC1(C)c2ccccc2-c2ccc(N(c3ccccc3)c3ccc(-c4ccc(-c5sc6cccc7c6c5-c5ccccc5-c5ccccc5-7)cc4)cc3)cc21.c1ccc(-c2nc3ccccc3nc2-c2sc3cccc4c3c2-c2ccccc2-c2ccccc2-4)cc1.c1ccc(N(c2ccccc2)c2ccc(-c3ccc(-c4sc5cccc6c5c4-c4ccccc4-c4ccccc4-6)cc3)cc2)cc1. The third kappa shape index (κ3) is 13.9. The second kappa shape index (κ2) is 34.0. The lowest BCUT2D eigenvalue weighted by atomic mass is 9.82. The van der Waals surface area contributed by atoms with Gasteiger partial charge in [-0.15, -0.1) is 34.0 Å². The van der Waals surface area contributed by atoms with Gasteiger partial charge in [0.15, 0.2) is 0 Å². The highest BCUT2D eigenvalue weighted by atomic mass is 32.1. The molecular formula is C131H86N4S3. The van der Waals surface area contributed by atoms with Crippen molar-refractivity contribution in [3.05, 3.63) is 496 Å². The molecule has 4 nitrogen and oxygen atoms in total. The smallest absolute Gasteiger partial charge is 0.108 e. The van der Waals surface area contributed by atoms with Gasteiger partial charge in [0.25, 0.3) is 0 Å². The Morgan fingerprint density at radius 2 is 0.442 bits per heavy atom. The number of hydrogen-bond donors (Lipinski definition) is 0. The summed E-state index contributed by atoms with van der Waals surface area (Å²) in [5, 5.41) is 4.02. The number of thiophene rings is 3. The highest BCUT2D eigenvalue weighted by molar-refractivity contribution is 7.24. The summed E-state index contributed by atoms with van der Waals surface area (Å²) < 4.78 is 3.92. The van der Waals surface area contributed by atoms with Crippen molar-refractivity contribution in [1.82, 2.24) is 9.97 Å². The molecule has 0 unspecified atom stereocenters. The molecule has 0 aliphatic heterocycles. The zero-order valence-corrected chi connectivity index (χ0v) is 78.2. The lowest BCUT2D eigenvalue weighted by Gasteiger charge is -2.28. The van der Waals surface area contributed by atoms with E-state index < -0.39 is 0 Å². The Morgan fingerprint density at radius 1 is 0.181 bits per heavy atom. The minimum absolute atomic E-state index is 0.0657. The van der Waals surface area contributed by atoms with Crippen molar-refractivity contribution >= 4 is 109 Å². The predicted octanol–water partition coefficient (Wildman–Crippen LogP) is 37.8. The molecule has 0 saturated heterocycles. The molecular weight excluding hydrogens is 1730 g/mol. The van der Waals surface area contributed by atoms with Crippen molar-refractivity contribution in [3.63, 3.8) is 0 Å². The van der Waals surface area contributed by atoms with Gasteiger partial charge in [-0.2, -0.15) is 0 Å². The first kappa shape index (κ1) is 81.9. The van der Waals surface area contributed by atoms with Crippen LogP contribution in [0.1, 0.15) is 25.0 Å². The maximum absolute atomic E-state index is 5.28. The summed E-state index contributed by atoms with van der Waals surface area (Å²) in [6.45, 7) is 4.70. The van der Waals surface area contributed by atoms with E-state index in [1.54, 1.807) is 0 Å². The fourth-order valence-electron chi connectivity index (χ4n) is 21.8. The largest absolute Gasteiger partial charge is 0.311 e. The number of hydrogen-bond acceptors (Lipinski definition) is 7. The second-order valence-electron chi connectivity index (χ2n) is 36.3. The van der Waals surface area contributed by atoms with Gasteiger partial charge in [-0.1, -0.05) is 396 Å². The van der Waals surface area contributed by atoms with Crippen molar-refractivity contribution in [1.29, 1.82) is 0 Å². The van der Waals surface area contributed by atoms with Gasteiger partial charge >= 0.3 is 0 Å². The number of aromatic nitrogens is 2. The molecule has 0 radical (unpaired) electrons. The van der Waals surface area contributed by atoms with E-state index in [-0.39, 0.29) is 5.41 Å². The van der Waals surface area contributed by atoms with Gasteiger partial charge in [-0.25, -0.2) is 9.97 Å². The average Bonchev–Trinajstić information content (AvgIpc) is 1.57. The van der Waals surface area contributed by atoms with Gasteiger partial charge in [0.2, 0.25) is 0 Å². The summed E-state index contributed by atoms with van der Waals surface area (Å²) in [6.07, 6.45) is 0. The van der Waals surface area contributed by atoms with Crippen LogP contribution in [0.4, 0.5) is 34.1 Å². The van der Waals surface area contributed by atoms with Crippen LogP contribution in [0.2, 0.25) is 0 Å². The van der Waals surface area contributed by atoms with E-state index in [9.17, 15) is 0 Å². The first-order valence-electron chi connectivity index (χ1n) is 47.2. The molecule has 138 heavy (non-hydrogen) atoms. The Morgan fingerprint density at radius 3 is 0.833 bits per heavy atom. The van der Waals surface area contributed by atoms with Crippen LogP contribution in [0.3, 0.4) is 0 Å². The number of rotatable bonds is 12. The fourth-order valence-corrected chi connectivity index (χ4v) is 25.5. The van der Waals surface area contributed by atoms with Crippen LogP contribution in [0.15, 0.2) is 485 Å². The van der Waals surface area contributed by atoms with Gasteiger partial charge < -0.3 is 9.80 Å². The Labute approximate surface area is 814 Å². The molecule has 648 valence electrons. The van der Waals surface area contributed by atoms with Gasteiger partial charge in [0.1, 0.15) is 5.69 Å². The van der Waals surface area contributed by atoms with E-state index >= 15 is 0 Å². The summed E-state index contributed by atoms with van der Waals surface area (Å²) >= 11 is 5.62. The van der Waals surface area contributed by atoms with Gasteiger partial charge in [-0.05, 0) is 242 Å². The molecule has 4 aliphatic rings. The third-order valence-corrected chi connectivity index (χ3v) is 31.7. The lowest BCUT2D eigenvalue weighted by Crippen LogP contribution is -2.16. The van der Waals surface area contributed by atoms with E-state index in [4.69, 9.17) is 9.97 Å². The number of benzene rings is 20. The summed E-state index contributed by atoms with van der Waals surface area (Å²) in [5.41, 5.74) is 47.6.